The van der Waals surface area contributed by atoms with Crippen molar-refractivity contribution in [1.82, 2.24) is 15.1 Å². The average Bonchev–Trinajstić information content (AvgIpc) is 3.32. The summed E-state index contributed by atoms with van der Waals surface area (Å²) in [6.45, 7) is 2.91. The van der Waals surface area contributed by atoms with Gasteiger partial charge in [-0.1, -0.05) is 42.5 Å². The van der Waals surface area contributed by atoms with Crippen molar-refractivity contribution in [2.45, 2.75) is 19.5 Å². The molecule has 126 valence electrons. The third-order valence-corrected chi connectivity index (χ3v) is 5.29. The largest absolute Gasteiger partial charge is 0.418 e. The zero-order valence-corrected chi connectivity index (χ0v) is 15.0. The van der Waals surface area contributed by atoms with Crippen molar-refractivity contribution < 1.29 is 4.42 Å². The first-order chi connectivity index (χ1) is 12.2. The van der Waals surface area contributed by atoms with E-state index in [4.69, 9.17) is 4.42 Å². The van der Waals surface area contributed by atoms with Crippen LogP contribution in [0, 0.1) is 0 Å². The summed E-state index contributed by atoms with van der Waals surface area (Å²) in [5, 5.41) is 12.9. The molecule has 5 heteroatoms. The van der Waals surface area contributed by atoms with Gasteiger partial charge >= 0.3 is 0 Å². The molecule has 2 aromatic carbocycles. The van der Waals surface area contributed by atoms with E-state index >= 15 is 0 Å². The minimum absolute atomic E-state index is 0.0488. The van der Waals surface area contributed by atoms with Crippen LogP contribution in [0.5, 0.6) is 0 Å². The molecule has 0 N–H and O–H groups in total. The van der Waals surface area contributed by atoms with Gasteiger partial charge in [-0.05, 0) is 47.8 Å². The maximum absolute atomic E-state index is 5.87. The molecule has 0 amide bonds. The Morgan fingerprint density at radius 3 is 2.68 bits per heavy atom. The molecule has 0 aliphatic carbocycles. The number of nitrogens with zero attached hydrogens (tertiary/aromatic N) is 3. The van der Waals surface area contributed by atoms with Crippen LogP contribution >= 0.6 is 11.3 Å². The van der Waals surface area contributed by atoms with Gasteiger partial charge in [-0.25, -0.2) is 0 Å². The van der Waals surface area contributed by atoms with Gasteiger partial charge in [0.15, 0.2) is 0 Å². The molecule has 0 spiro atoms. The molecule has 25 heavy (non-hydrogen) atoms. The third-order valence-electron chi connectivity index (χ3n) is 4.44. The fourth-order valence-electron chi connectivity index (χ4n) is 2.85. The van der Waals surface area contributed by atoms with E-state index in [1.54, 1.807) is 11.3 Å². The Bertz CT molecular complexity index is 977. The van der Waals surface area contributed by atoms with Gasteiger partial charge in [0.2, 0.25) is 5.89 Å². The summed E-state index contributed by atoms with van der Waals surface area (Å²) in [4.78, 5) is 3.22. The van der Waals surface area contributed by atoms with Crippen molar-refractivity contribution in [1.29, 1.82) is 0 Å². The number of hydrogen-bond acceptors (Lipinski definition) is 5. The minimum atomic E-state index is 0.0488. The van der Waals surface area contributed by atoms with Crippen molar-refractivity contribution in [3.05, 3.63) is 71.4 Å². The van der Waals surface area contributed by atoms with E-state index < -0.39 is 0 Å². The molecule has 0 fully saturated rings. The number of rotatable bonds is 5. The maximum Gasteiger partial charge on any atom is 0.257 e. The highest BCUT2D eigenvalue weighted by molar-refractivity contribution is 7.13. The van der Waals surface area contributed by atoms with Gasteiger partial charge in [-0.3, -0.25) is 4.90 Å². The lowest BCUT2D eigenvalue weighted by molar-refractivity contribution is 0.218. The van der Waals surface area contributed by atoms with E-state index in [0.29, 0.717) is 11.8 Å². The van der Waals surface area contributed by atoms with Crippen LogP contribution in [0.3, 0.4) is 0 Å². The van der Waals surface area contributed by atoms with Crippen molar-refractivity contribution in [2.75, 3.05) is 7.05 Å². The molecule has 4 aromatic rings. The predicted octanol–water partition coefficient (Wildman–Crippen LogP) is 5.14. The van der Waals surface area contributed by atoms with Gasteiger partial charge in [0.25, 0.3) is 5.89 Å². The number of thiophene rings is 1. The lowest BCUT2D eigenvalue weighted by atomic mass is 10.1. The quantitative estimate of drug-likeness (QED) is 0.500. The first kappa shape index (κ1) is 16.0. The Morgan fingerprint density at radius 1 is 1.04 bits per heavy atom. The molecule has 4 rings (SSSR count). The molecule has 0 aliphatic rings. The Kier molecular flexibility index (Phi) is 4.34. The fraction of sp³-hybridized carbons (Fsp3) is 0.200. The minimum Gasteiger partial charge on any atom is -0.418 e. The van der Waals surface area contributed by atoms with Crippen molar-refractivity contribution in [3.8, 4) is 10.8 Å². The van der Waals surface area contributed by atoms with E-state index in [9.17, 15) is 0 Å². The average molecular weight is 349 g/mol. The second-order valence-corrected chi connectivity index (χ2v) is 7.14. The highest BCUT2D eigenvalue weighted by Crippen LogP contribution is 2.27. The second kappa shape index (κ2) is 6.78. The maximum atomic E-state index is 5.87. The monoisotopic (exact) mass is 349 g/mol. The molecular weight excluding hydrogens is 330 g/mol. The molecule has 2 aromatic heterocycles. The Morgan fingerprint density at radius 2 is 1.88 bits per heavy atom. The molecule has 0 aliphatic heterocycles. The fourth-order valence-corrected chi connectivity index (χ4v) is 3.50. The SMILES string of the molecule is C[C@H](c1nnc(-c2cccs2)o1)N(C)Cc1ccc2ccccc2c1. The summed E-state index contributed by atoms with van der Waals surface area (Å²) >= 11 is 1.60. The van der Waals surface area contributed by atoms with Crippen LogP contribution < -0.4 is 0 Å². The molecule has 0 unspecified atom stereocenters. The van der Waals surface area contributed by atoms with Crippen LogP contribution in [0.2, 0.25) is 0 Å². The topological polar surface area (TPSA) is 42.2 Å². The van der Waals surface area contributed by atoms with Gasteiger partial charge in [-0.2, -0.15) is 0 Å². The first-order valence-corrected chi connectivity index (χ1v) is 9.14. The normalized spacial score (nSPS) is 12.8. The van der Waals surface area contributed by atoms with E-state index in [2.05, 4.69) is 71.5 Å². The summed E-state index contributed by atoms with van der Waals surface area (Å²) in [6.07, 6.45) is 0. The van der Waals surface area contributed by atoms with Crippen LogP contribution in [0.4, 0.5) is 0 Å². The van der Waals surface area contributed by atoms with Gasteiger partial charge < -0.3 is 4.42 Å². The highest BCUT2D eigenvalue weighted by atomic mass is 32.1. The second-order valence-electron chi connectivity index (χ2n) is 6.20. The Labute approximate surface area is 150 Å². The standard InChI is InChI=1S/C20H19N3OS/c1-14(19-21-22-20(24-19)18-8-5-11-25-18)23(2)13-15-9-10-16-6-3-4-7-17(16)12-15/h3-12,14H,13H2,1-2H3/t14-/m1/s1. The molecule has 0 saturated heterocycles. The number of fused-ring (bicyclic) bond motifs is 1. The summed E-state index contributed by atoms with van der Waals surface area (Å²) in [5.41, 5.74) is 1.27. The van der Waals surface area contributed by atoms with Crippen LogP contribution in [-0.4, -0.2) is 22.1 Å². The highest BCUT2D eigenvalue weighted by Gasteiger charge is 2.19. The smallest absolute Gasteiger partial charge is 0.257 e. The van der Waals surface area contributed by atoms with Crippen LogP contribution in [-0.2, 0) is 6.54 Å². The summed E-state index contributed by atoms with van der Waals surface area (Å²) in [5.74, 6) is 1.24. The predicted molar refractivity (Wildman–Crippen MR) is 101 cm³/mol. The van der Waals surface area contributed by atoms with Gasteiger partial charge in [0, 0.05) is 6.54 Å². The van der Waals surface area contributed by atoms with Crippen LogP contribution in [0.25, 0.3) is 21.5 Å². The zero-order chi connectivity index (χ0) is 17.2. The molecule has 0 bridgehead atoms. The lowest BCUT2D eigenvalue weighted by Crippen LogP contribution is -2.22. The Hall–Kier alpha value is -2.50. The molecule has 4 nitrogen and oxygen atoms in total. The van der Waals surface area contributed by atoms with Gasteiger partial charge in [-0.15, -0.1) is 21.5 Å². The number of hydrogen-bond donors (Lipinski definition) is 0. The van der Waals surface area contributed by atoms with E-state index in [0.717, 1.165) is 11.4 Å². The van der Waals surface area contributed by atoms with E-state index in [-0.39, 0.29) is 6.04 Å². The molecule has 2 heterocycles. The van der Waals surface area contributed by atoms with Gasteiger partial charge in [0.05, 0.1) is 10.9 Å². The van der Waals surface area contributed by atoms with Crippen molar-refractivity contribution in [2.24, 2.45) is 0 Å². The van der Waals surface area contributed by atoms with Gasteiger partial charge in [0.1, 0.15) is 0 Å². The number of benzene rings is 2. The van der Waals surface area contributed by atoms with Crippen LogP contribution in [0.15, 0.2) is 64.4 Å². The first-order valence-electron chi connectivity index (χ1n) is 8.26. The zero-order valence-electron chi connectivity index (χ0n) is 14.2. The van der Waals surface area contributed by atoms with Crippen molar-refractivity contribution >= 4 is 22.1 Å². The summed E-state index contributed by atoms with van der Waals surface area (Å²) < 4.78 is 5.87. The van der Waals surface area contributed by atoms with E-state index in [1.807, 2.05) is 17.5 Å². The molecular formula is C20H19N3OS. The molecule has 0 saturated carbocycles. The lowest BCUT2D eigenvalue weighted by Gasteiger charge is -2.22. The van der Waals surface area contributed by atoms with Crippen molar-refractivity contribution in [3.63, 3.8) is 0 Å². The Balaban J connectivity index is 1.50. The summed E-state index contributed by atoms with van der Waals surface area (Å²) in [7, 11) is 2.08. The number of aromatic nitrogens is 2. The van der Waals surface area contributed by atoms with Crippen LogP contribution in [0.1, 0.15) is 24.4 Å². The molecule has 0 radical (unpaired) electrons. The third kappa shape index (κ3) is 3.34. The molecule has 1 atom stereocenters. The summed E-state index contributed by atoms with van der Waals surface area (Å²) in [6, 6.07) is 19.0. The van der Waals surface area contributed by atoms with E-state index in [1.165, 1.54) is 16.3 Å².